The zero-order valence-electron chi connectivity index (χ0n) is 19.5. The van der Waals surface area contributed by atoms with Crippen LogP contribution in [0.15, 0.2) is 54.7 Å². The minimum Gasteiger partial charge on any atom is -0.457 e. The van der Waals surface area contributed by atoms with E-state index in [1.807, 2.05) is 18.2 Å². The van der Waals surface area contributed by atoms with Gasteiger partial charge in [0.05, 0.1) is 5.56 Å². The van der Waals surface area contributed by atoms with Crippen molar-refractivity contribution < 1.29 is 27.5 Å². The lowest BCUT2D eigenvalue weighted by Crippen LogP contribution is -2.28. The van der Waals surface area contributed by atoms with Gasteiger partial charge in [0.25, 0.3) is 0 Å². The first-order chi connectivity index (χ1) is 17.1. The molecule has 4 N–H and O–H groups in total. The van der Waals surface area contributed by atoms with Crippen molar-refractivity contribution in [3.8, 4) is 11.5 Å². The van der Waals surface area contributed by atoms with Crippen molar-refractivity contribution in [1.82, 2.24) is 4.98 Å². The largest absolute Gasteiger partial charge is 0.457 e. The van der Waals surface area contributed by atoms with E-state index in [0.29, 0.717) is 36.6 Å². The van der Waals surface area contributed by atoms with Gasteiger partial charge in [0.15, 0.2) is 0 Å². The monoisotopic (exact) mass is 514 g/mol. The van der Waals surface area contributed by atoms with Crippen molar-refractivity contribution in [1.29, 1.82) is 0 Å². The summed E-state index contributed by atoms with van der Waals surface area (Å²) >= 11 is 0. The molecule has 196 valence electrons. The number of nitrogens with two attached hydrogens (primary N) is 1. The minimum atomic E-state index is -4.56. The third-order valence-corrected chi connectivity index (χ3v) is 5.95. The van der Waals surface area contributed by atoms with Crippen LogP contribution in [0, 0.1) is 5.92 Å². The number of aryl methyl sites for hydroxylation is 1. The average molecular weight is 515 g/mol. The minimum absolute atomic E-state index is 0. The second-order valence-electron chi connectivity index (χ2n) is 8.59. The van der Waals surface area contributed by atoms with E-state index in [0.717, 1.165) is 17.2 Å². The highest BCUT2D eigenvalue weighted by molar-refractivity contribution is 5.93. The number of carbonyl (C=O) groups excluding carboxylic acids is 2. The molecular formula is C27H29F3N4O3. The Morgan fingerprint density at radius 2 is 1.81 bits per heavy atom. The molecule has 1 aliphatic carbocycles. The fourth-order valence-corrected chi connectivity index (χ4v) is 4.22. The van der Waals surface area contributed by atoms with Crippen molar-refractivity contribution in [2.24, 2.45) is 11.7 Å². The number of rotatable bonds is 6. The van der Waals surface area contributed by atoms with Gasteiger partial charge in [-0.1, -0.05) is 19.6 Å². The molecule has 0 radical (unpaired) electrons. The molecule has 3 aromatic rings. The number of carbonyl (C=O) groups is 2. The fraction of sp³-hybridized carbons (Fsp3) is 0.296. The highest BCUT2D eigenvalue weighted by Gasteiger charge is 2.33. The van der Waals surface area contributed by atoms with Gasteiger partial charge in [-0.05, 0) is 66.3 Å². The van der Waals surface area contributed by atoms with Crippen LogP contribution in [0.4, 0.5) is 24.7 Å². The van der Waals surface area contributed by atoms with Crippen LogP contribution in [0.5, 0.6) is 11.5 Å². The SMILES string of the molecule is C.CC(=O)Nc1cc(Oc2ccc3c(c2)CC(C(=O)Nc2ccc(CN)c(C(F)(F)F)c2)CC3)ccn1. The number of amides is 2. The predicted octanol–water partition coefficient (Wildman–Crippen LogP) is 5.69. The van der Waals surface area contributed by atoms with Crippen LogP contribution in [0.25, 0.3) is 0 Å². The van der Waals surface area contributed by atoms with Gasteiger partial charge in [-0.3, -0.25) is 9.59 Å². The van der Waals surface area contributed by atoms with Gasteiger partial charge < -0.3 is 21.1 Å². The Balaban J connectivity index is 0.00000380. The van der Waals surface area contributed by atoms with Crippen LogP contribution in [-0.2, 0) is 35.2 Å². The summed E-state index contributed by atoms with van der Waals surface area (Å²) < 4.78 is 45.9. The van der Waals surface area contributed by atoms with Crippen molar-refractivity contribution >= 4 is 23.3 Å². The van der Waals surface area contributed by atoms with Crippen LogP contribution >= 0.6 is 0 Å². The number of anilines is 2. The number of nitrogens with zero attached hydrogens (tertiary/aromatic N) is 1. The van der Waals surface area contributed by atoms with E-state index in [9.17, 15) is 22.8 Å². The highest BCUT2D eigenvalue weighted by Crippen LogP contribution is 2.35. The topological polar surface area (TPSA) is 106 Å². The van der Waals surface area contributed by atoms with Gasteiger partial charge >= 0.3 is 6.18 Å². The first kappa shape index (κ1) is 27.7. The lowest BCUT2D eigenvalue weighted by atomic mass is 9.83. The number of ether oxygens (including phenoxy) is 1. The summed E-state index contributed by atoms with van der Waals surface area (Å²) in [5, 5.41) is 5.22. The molecule has 0 fully saturated rings. The molecule has 2 amide bonds. The molecule has 1 aromatic heterocycles. The van der Waals surface area contributed by atoms with Crippen LogP contribution in [0.2, 0.25) is 0 Å². The number of alkyl halides is 3. The van der Waals surface area contributed by atoms with Crippen molar-refractivity contribution in [2.75, 3.05) is 10.6 Å². The van der Waals surface area contributed by atoms with E-state index in [2.05, 4.69) is 15.6 Å². The Kier molecular flexibility index (Phi) is 8.54. The standard InChI is InChI=1S/C26H25F3N4O3.CH4/c1-15(34)32-24-13-22(8-9-31-24)36-21-7-5-16-2-3-17(10-19(16)11-21)25(35)33-20-6-4-18(14-30)23(12-20)26(27,28)29;/h4-9,11-13,17H,2-3,10,14,30H2,1H3,(H,33,35)(H,31,32,34);1H4. The second-order valence-corrected chi connectivity index (χ2v) is 8.59. The van der Waals surface area contributed by atoms with E-state index in [1.165, 1.54) is 25.3 Å². The molecule has 1 aliphatic rings. The number of fused-ring (bicyclic) bond motifs is 1. The number of nitrogens with one attached hydrogen (secondary N) is 2. The molecule has 37 heavy (non-hydrogen) atoms. The molecule has 7 nitrogen and oxygen atoms in total. The van der Waals surface area contributed by atoms with E-state index in [4.69, 9.17) is 10.5 Å². The molecule has 0 saturated carbocycles. The Hall–Kier alpha value is -3.92. The number of benzene rings is 2. The maximum atomic E-state index is 13.3. The van der Waals surface area contributed by atoms with E-state index in [-0.39, 0.29) is 37.0 Å². The molecule has 0 aliphatic heterocycles. The third kappa shape index (κ3) is 6.85. The number of pyridine rings is 1. The lowest BCUT2D eigenvalue weighted by molar-refractivity contribution is -0.138. The Morgan fingerprint density at radius 3 is 2.51 bits per heavy atom. The van der Waals surface area contributed by atoms with Crippen molar-refractivity contribution in [2.45, 2.75) is 46.3 Å². The number of halogens is 3. The second kappa shape index (κ2) is 11.4. The average Bonchev–Trinajstić information content (AvgIpc) is 2.83. The maximum Gasteiger partial charge on any atom is 0.416 e. The molecule has 0 spiro atoms. The summed E-state index contributed by atoms with van der Waals surface area (Å²) in [6.45, 7) is 1.14. The zero-order valence-corrected chi connectivity index (χ0v) is 19.5. The quantitative estimate of drug-likeness (QED) is 0.392. The number of aromatic nitrogens is 1. The number of hydrogen-bond donors (Lipinski definition) is 3. The summed E-state index contributed by atoms with van der Waals surface area (Å²) in [5.41, 5.74) is 6.66. The molecule has 4 rings (SSSR count). The predicted molar refractivity (Wildman–Crippen MR) is 135 cm³/mol. The summed E-state index contributed by atoms with van der Waals surface area (Å²) in [7, 11) is 0. The molecule has 1 unspecified atom stereocenters. The van der Waals surface area contributed by atoms with Gasteiger partial charge in [0, 0.05) is 37.3 Å². The maximum absolute atomic E-state index is 13.3. The van der Waals surface area contributed by atoms with Gasteiger partial charge in [-0.25, -0.2) is 4.98 Å². The van der Waals surface area contributed by atoms with Crippen LogP contribution in [0.1, 0.15) is 43.0 Å². The molecule has 0 saturated heterocycles. The highest BCUT2D eigenvalue weighted by atomic mass is 19.4. The summed E-state index contributed by atoms with van der Waals surface area (Å²) in [6, 6.07) is 12.5. The van der Waals surface area contributed by atoms with E-state index in [1.54, 1.807) is 12.1 Å². The summed E-state index contributed by atoms with van der Waals surface area (Å²) in [4.78, 5) is 28.2. The lowest BCUT2D eigenvalue weighted by Gasteiger charge is -2.25. The van der Waals surface area contributed by atoms with Gasteiger partial charge in [-0.15, -0.1) is 0 Å². The fourth-order valence-electron chi connectivity index (χ4n) is 4.22. The Labute approximate surface area is 213 Å². The summed E-state index contributed by atoms with van der Waals surface area (Å²) in [6.07, 6.45) is -1.37. The van der Waals surface area contributed by atoms with Gasteiger partial charge in [0.1, 0.15) is 17.3 Å². The van der Waals surface area contributed by atoms with Crippen LogP contribution < -0.4 is 21.1 Å². The van der Waals surface area contributed by atoms with Crippen molar-refractivity contribution in [3.05, 3.63) is 77.0 Å². The van der Waals surface area contributed by atoms with E-state index < -0.39 is 17.7 Å². The third-order valence-electron chi connectivity index (χ3n) is 5.95. The molecule has 2 aromatic carbocycles. The summed E-state index contributed by atoms with van der Waals surface area (Å²) in [5.74, 6) is 0.422. The van der Waals surface area contributed by atoms with Crippen LogP contribution in [0.3, 0.4) is 0 Å². The Bertz CT molecular complexity index is 1290. The smallest absolute Gasteiger partial charge is 0.416 e. The normalized spacial score (nSPS) is 14.7. The van der Waals surface area contributed by atoms with Gasteiger partial charge in [0.2, 0.25) is 11.8 Å². The molecule has 1 heterocycles. The van der Waals surface area contributed by atoms with E-state index >= 15 is 0 Å². The Morgan fingerprint density at radius 1 is 1.05 bits per heavy atom. The van der Waals surface area contributed by atoms with Crippen molar-refractivity contribution in [3.63, 3.8) is 0 Å². The zero-order chi connectivity index (χ0) is 25.9. The van der Waals surface area contributed by atoms with Gasteiger partial charge in [-0.2, -0.15) is 13.2 Å². The molecular weight excluding hydrogens is 485 g/mol. The van der Waals surface area contributed by atoms with Crippen LogP contribution in [-0.4, -0.2) is 16.8 Å². The molecule has 0 bridgehead atoms. The first-order valence-electron chi connectivity index (χ1n) is 11.4. The molecule has 1 atom stereocenters. The number of hydrogen-bond acceptors (Lipinski definition) is 5. The first-order valence-corrected chi connectivity index (χ1v) is 11.4. The molecule has 10 heteroatoms.